The number of hydrogen-bond acceptors (Lipinski definition) is 14. The molecule has 0 saturated heterocycles. The summed E-state index contributed by atoms with van der Waals surface area (Å²) >= 11 is 2.21. The van der Waals surface area contributed by atoms with Crippen molar-refractivity contribution in [2.24, 2.45) is 5.92 Å². The van der Waals surface area contributed by atoms with Gasteiger partial charge in [0.2, 0.25) is 23.6 Å². The topological polar surface area (TPSA) is 241 Å². The summed E-state index contributed by atoms with van der Waals surface area (Å²) in [4.78, 5) is 91.5. The highest BCUT2D eigenvalue weighted by atomic mass is 33.1. The summed E-state index contributed by atoms with van der Waals surface area (Å²) < 4.78 is 0. The number of rotatable bonds is 6. The molecule has 0 spiro atoms. The van der Waals surface area contributed by atoms with E-state index >= 15 is 0 Å². The van der Waals surface area contributed by atoms with Gasteiger partial charge in [-0.05, 0) is 38.2 Å². The molecule has 0 radical (unpaired) electrons. The molecule has 3 aromatic rings. The van der Waals surface area contributed by atoms with Crippen LogP contribution in [0.4, 0.5) is 0 Å². The summed E-state index contributed by atoms with van der Waals surface area (Å²) in [5, 5.41) is 41.4. The number of thiazole rings is 2. The Morgan fingerprint density at radius 2 is 1.09 bits per heavy atom. The normalized spacial score (nSPS) is 25.9. The minimum atomic E-state index is -1.44. The minimum absolute atomic E-state index is 0.0134. The van der Waals surface area contributed by atoms with E-state index in [2.05, 4.69) is 41.9 Å². The average molecular weight is 833 g/mol. The Labute approximate surface area is 333 Å². The second-order valence-electron chi connectivity index (χ2n) is 13.7. The largest absolute Gasteiger partial charge is 0.391 e. The zero-order valence-electron chi connectivity index (χ0n) is 30.4. The molecule has 296 valence electrons. The lowest BCUT2D eigenvalue weighted by Crippen LogP contribution is -2.58. The molecule has 2 aromatic heterocycles. The molecule has 2 aliphatic heterocycles. The van der Waals surface area contributed by atoms with Gasteiger partial charge in [0, 0.05) is 22.3 Å². The molecular weight excluding hydrogens is 789 g/mol. The van der Waals surface area contributed by atoms with Crippen molar-refractivity contribution in [1.29, 1.82) is 0 Å². The third-order valence-electron chi connectivity index (χ3n) is 8.65. The molecule has 8 N–H and O–H groups in total. The summed E-state index contributed by atoms with van der Waals surface area (Å²) in [7, 11) is 2.20. The Balaban J connectivity index is 1.57. The van der Waals surface area contributed by atoms with Gasteiger partial charge in [-0.3, -0.25) is 28.8 Å². The molecule has 20 heteroatoms. The third kappa shape index (κ3) is 11.3. The van der Waals surface area contributed by atoms with E-state index in [0.29, 0.717) is 16.4 Å². The number of aliphatic hydroxyl groups is 2. The number of carbonyl (C=O) groups excluding carboxylic acids is 6. The van der Waals surface area contributed by atoms with Crippen molar-refractivity contribution >= 4 is 79.7 Å². The molecule has 0 unspecified atom stereocenters. The van der Waals surface area contributed by atoms with Gasteiger partial charge < -0.3 is 42.1 Å². The molecular formula is C35H44N8O8S4. The fourth-order valence-electron chi connectivity index (χ4n) is 5.75. The number of fused-ring (bicyclic) bond motifs is 9. The highest BCUT2D eigenvalue weighted by Gasteiger charge is 2.36. The molecule has 0 aliphatic carbocycles. The number of carbonyl (C=O) groups is 6. The molecule has 0 saturated carbocycles. The zero-order valence-corrected chi connectivity index (χ0v) is 33.7. The van der Waals surface area contributed by atoms with E-state index in [0.717, 1.165) is 49.8 Å². The van der Waals surface area contributed by atoms with Crippen LogP contribution >= 0.6 is 44.3 Å². The average Bonchev–Trinajstić information content (AvgIpc) is 3.83. The van der Waals surface area contributed by atoms with Crippen LogP contribution in [0.15, 0.2) is 41.1 Å². The van der Waals surface area contributed by atoms with Crippen molar-refractivity contribution in [2.45, 2.75) is 89.0 Å². The zero-order chi connectivity index (χ0) is 39.8. The van der Waals surface area contributed by atoms with Crippen LogP contribution in [0.25, 0.3) is 0 Å². The summed E-state index contributed by atoms with van der Waals surface area (Å²) in [6.07, 6.45) is -2.04. The summed E-state index contributed by atoms with van der Waals surface area (Å²) in [5.74, 6) is -4.38. The first-order valence-corrected chi connectivity index (χ1v) is 21.8. The van der Waals surface area contributed by atoms with E-state index in [-0.39, 0.29) is 35.2 Å². The monoisotopic (exact) mass is 832 g/mol. The lowest BCUT2D eigenvalue weighted by atomic mass is 10.0. The van der Waals surface area contributed by atoms with Crippen LogP contribution in [-0.2, 0) is 25.6 Å². The first-order valence-electron chi connectivity index (χ1n) is 17.6. The summed E-state index contributed by atoms with van der Waals surface area (Å²) in [6.45, 7) is 6.58. The SMILES string of the molecule is CC(C)C[C@H]1NC(=O)[C@H]([C@H](C)O)NC(=O)[C@@H]2CSSC[C@H](NC(=O)c3csc1n3)C(=O)N[C@@H]([C@H](C)O)C(=O)N[C@H](Cc1ccccc1)c1nc(cs1)C(=O)N2. The van der Waals surface area contributed by atoms with Gasteiger partial charge in [0.05, 0.1) is 24.3 Å². The van der Waals surface area contributed by atoms with E-state index in [1.165, 1.54) is 24.6 Å². The lowest BCUT2D eigenvalue weighted by Gasteiger charge is -2.27. The molecule has 16 nitrogen and oxygen atoms in total. The Morgan fingerprint density at radius 1 is 0.636 bits per heavy atom. The van der Waals surface area contributed by atoms with Crippen molar-refractivity contribution in [2.75, 3.05) is 11.5 Å². The first-order chi connectivity index (χ1) is 26.2. The number of aliphatic hydroxyl groups excluding tert-OH is 2. The molecule has 5 rings (SSSR count). The molecule has 0 fully saturated rings. The number of nitrogens with zero attached hydrogens (tertiary/aromatic N) is 2. The van der Waals surface area contributed by atoms with Gasteiger partial charge in [0.15, 0.2) is 0 Å². The van der Waals surface area contributed by atoms with Crippen molar-refractivity contribution in [3.05, 3.63) is 68.1 Å². The van der Waals surface area contributed by atoms with Crippen LogP contribution in [0.1, 0.15) is 82.8 Å². The molecule has 55 heavy (non-hydrogen) atoms. The van der Waals surface area contributed by atoms with E-state index in [4.69, 9.17) is 0 Å². The molecule has 6 bridgehead atoms. The van der Waals surface area contributed by atoms with Gasteiger partial charge in [-0.25, -0.2) is 9.97 Å². The van der Waals surface area contributed by atoms with Gasteiger partial charge in [0.25, 0.3) is 11.8 Å². The number of amides is 6. The molecule has 8 atom stereocenters. The predicted octanol–water partition coefficient (Wildman–Crippen LogP) is 1.24. The molecule has 6 amide bonds. The van der Waals surface area contributed by atoms with Crippen molar-refractivity contribution in [3.8, 4) is 0 Å². The van der Waals surface area contributed by atoms with Crippen LogP contribution in [0.5, 0.6) is 0 Å². The standard InChI is InChI=1S/C35H44N8O8S4/c1-16(2)10-20-34-40-22(12-52-34)28(46)38-25-15-55-54-14-24(30(48)42-26(17(3)44)32(50)36-20)39-29(47)23-13-53-35(41-23)21(11-19-8-6-5-7-9-19)37-33(51)27(18(4)45)43-31(25)49/h5-9,12-13,16-18,20-21,24-27,44-45H,10-11,14-15H2,1-4H3,(H,36,50)(H,37,51)(H,38,46)(H,39,47)(H,42,48)(H,43,49)/t17-,18-,20+,21+,24-,25-,26-,27-/m0/s1. The number of nitrogens with one attached hydrogen (secondary N) is 6. The maximum absolute atomic E-state index is 13.9. The fourth-order valence-corrected chi connectivity index (χ4v) is 9.79. The van der Waals surface area contributed by atoms with Crippen LogP contribution in [0.2, 0.25) is 0 Å². The second kappa shape index (κ2) is 19.2. The Morgan fingerprint density at radius 3 is 1.55 bits per heavy atom. The Hall–Kier alpha value is -4.08. The molecule has 1 aromatic carbocycles. The van der Waals surface area contributed by atoms with Crippen LogP contribution < -0.4 is 31.9 Å². The molecule has 4 heterocycles. The highest BCUT2D eigenvalue weighted by molar-refractivity contribution is 8.76. The third-order valence-corrected chi connectivity index (χ3v) is 13.0. The fraction of sp³-hybridized carbons (Fsp3) is 0.486. The van der Waals surface area contributed by atoms with Crippen molar-refractivity contribution < 1.29 is 39.0 Å². The van der Waals surface area contributed by atoms with Crippen LogP contribution in [0, 0.1) is 5.92 Å². The second-order valence-corrected chi connectivity index (χ2v) is 18.0. The number of benzene rings is 1. The van der Waals surface area contributed by atoms with Crippen molar-refractivity contribution in [3.63, 3.8) is 0 Å². The summed E-state index contributed by atoms with van der Waals surface area (Å²) in [5.41, 5.74) is 0.787. The molecule has 2 aliphatic rings. The first kappa shape index (κ1) is 42.1. The van der Waals surface area contributed by atoms with E-state index in [1.54, 1.807) is 0 Å². The van der Waals surface area contributed by atoms with E-state index < -0.39 is 83.9 Å². The minimum Gasteiger partial charge on any atom is -0.391 e. The predicted molar refractivity (Wildman–Crippen MR) is 210 cm³/mol. The van der Waals surface area contributed by atoms with E-state index in [9.17, 15) is 39.0 Å². The Bertz CT molecular complexity index is 1860. The van der Waals surface area contributed by atoms with Gasteiger partial charge in [0.1, 0.15) is 45.6 Å². The quantitative estimate of drug-likeness (QED) is 0.164. The van der Waals surface area contributed by atoms with Crippen molar-refractivity contribution in [1.82, 2.24) is 41.9 Å². The Kier molecular flexibility index (Phi) is 14.7. The smallest absolute Gasteiger partial charge is 0.271 e. The lowest BCUT2D eigenvalue weighted by molar-refractivity contribution is -0.132. The maximum Gasteiger partial charge on any atom is 0.271 e. The highest BCUT2D eigenvalue weighted by Crippen LogP contribution is 2.28. The van der Waals surface area contributed by atoms with Crippen LogP contribution in [-0.4, -0.2) is 104 Å². The van der Waals surface area contributed by atoms with Gasteiger partial charge >= 0.3 is 0 Å². The number of aromatic nitrogens is 2. The maximum atomic E-state index is 13.9. The van der Waals surface area contributed by atoms with Gasteiger partial charge in [-0.15, -0.1) is 22.7 Å². The van der Waals surface area contributed by atoms with Gasteiger partial charge in [-0.2, -0.15) is 0 Å². The van der Waals surface area contributed by atoms with E-state index in [1.807, 2.05) is 44.2 Å². The van der Waals surface area contributed by atoms with Gasteiger partial charge in [-0.1, -0.05) is 65.8 Å². The summed E-state index contributed by atoms with van der Waals surface area (Å²) in [6, 6.07) is 2.35. The number of hydrogen-bond donors (Lipinski definition) is 8. The van der Waals surface area contributed by atoms with Crippen LogP contribution in [0.3, 0.4) is 0 Å².